The number of benzene rings is 1. The van der Waals surface area contributed by atoms with Crippen molar-refractivity contribution in [1.29, 1.82) is 0 Å². The van der Waals surface area contributed by atoms with Crippen molar-refractivity contribution in [3.05, 3.63) is 33.8 Å². The molecule has 0 amide bonds. The van der Waals surface area contributed by atoms with Gasteiger partial charge in [-0.3, -0.25) is 0 Å². The monoisotopic (exact) mass is 289 g/mol. The number of hydrogen-bond acceptors (Lipinski definition) is 2. The van der Waals surface area contributed by atoms with E-state index in [-0.39, 0.29) is 6.04 Å². The molecule has 1 N–H and O–H groups in total. The minimum absolute atomic E-state index is 0.193. The Kier molecular flexibility index (Phi) is 7.68. The lowest BCUT2D eigenvalue weighted by molar-refractivity contribution is 0.124. The molecule has 0 saturated carbocycles. The van der Waals surface area contributed by atoms with Crippen LogP contribution < -0.4 is 5.32 Å². The van der Waals surface area contributed by atoms with Gasteiger partial charge in [0.25, 0.3) is 0 Å². The van der Waals surface area contributed by atoms with Crippen molar-refractivity contribution in [3.63, 3.8) is 0 Å². The molecule has 0 fully saturated rings. The fourth-order valence-electron chi connectivity index (χ4n) is 1.84. The Labute approximate surface area is 120 Å². The average molecular weight is 290 g/mol. The van der Waals surface area contributed by atoms with Gasteiger partial charge in [0.15, 0.2) is 0 Å². The van der Waals surface area contributed by atoms with E-state index in [1.807, 2.05) is 18.2 Å². The van der Waals surface area contributed by atoms with Gasteiger partial charge in [-0.2, -0.15) is 0 Å². The second-order valence-corrected chi connectivity index (χ2v) is 5.02. The van der Waals surface area contributed by atoms with Crippen LogP contribution in [0.25, 0.3) is 0 Å². The Morgan fingerprint density at radius 1 is 1.22 bits per heavy atom. The first-order valence-electron chi connectivity index (χ1n) is 6.45. The van der Waals surface area contributed by atoms with E-state index in [1.165, 1.54) is 0 Å². The minimum atomic E-state index is 0.193. The quantitative estimate of drug-likeness (QED) is 0.714. The second-order valence-electron chi connectivity index (χ2n) is 4.18. The van der Waals surface area contributed by atoms with E-state index >= 15 is 0 Å². The zero-order valence-electron chi connectivity index (χ0n) is 11.0. The number of halogens is 2. The topological polar surface area (TPSA) is 21.3 Å². The Hall–Kier alpha value is -0.280. The molecule has 0 radical (unpaired) electrons. The molecule has 1 unspecified atom stereocenters. The van der Waals surface area contributed by atoms with Gasteiger partial charge >= 0.3 is 0 Å². The number of ether oxygens (including phenoxy) is 1. The third kappa shape index (κ3) is 5.15. The zero-order chi connectivity index (χ0) is 13.4. The maximum absolute atomic E-state index is 6.23. The van der Waals surface area contributed by atoms with Crippen LogP contribution >= 0.6 is 23.2 Å². The molecule has 2 nitrogen and oxygen atoms in total. The predicted octanol–water partition coefficient (Wildman–Crippen LogP) is 4.46. The highest BCUT2D eigenvalue weighted by Gasteiger charge is 2.14. The molecule has 0 heterocycles. The zero-order valence-corrected chi connectivity index (χ0v) is 12.5. The summed E-state index contributed by atoms with van der Waals surface area (Å²) in [5, 5.41) is 4.89. The lowest BCUT2D eigenvalue weighted by Gasteiger charge is -2.20. The average Bonchev–Trinajstić information content (AvgIpc) is 2.36. The van der Waals surface area contributed by atoms with Gasteiger partial charge in [-0.25, -0.2) is 0 Å². The normalized spacial score (nSPS) is 12.7. The first-order valence-corrected chi connectivity index (χ1v) is 7.20. The summed E-state index contributed by atoms with van der Waals surface area (Å²) < 4.78 is 5.54. The van der Waals surface area contributed by atoms with Crippen molar-refractivity contribution < 1.29 is 4.74 Å². The Balaban J connectivity index is 2.67. The van der Waals surface area contributed by atoms with Gasteiger partial charge in [-0.15, -0.1) is 0 Å². The van der Waals surface area contributed by atoms with Crippen molar-refractivity contribution in [2.24, 2.45) is 0 Å². The van der Waals surface area contributed by atoms with Gasteiger partial charge in [0.2, 0.25) is 0 Å². The SMILES string of the molecule is CCCOCCC(NCC)c1cc(Cl)ccc1Cl. The molecule has 1 aromatic carbocycles. The van der Waals surface area contributed by atoms with E-state index in [4.69, 9.17) is 27.9 Å². The third-order valence-electron chi connectivity index (χ3n) is 2.68. The van der Waals surface area contributed by atoms with Gasteiger partial charge in [0.05, 0.1) is 0 Å². The standard InChI is InChI=1S/C14H21Cl2NO/c1-3-8-18-9-7-14(17-4-2)12-10-11(15)5-6-13(12)16/h5-6,10,14,17H,3-4,7-9H2,1-2H3. The largest absolute Gasteiger partial charge is 0.381 e. The maximum Gasteiger partial charge on any atom is 0.0484 e. The highest BCUT2D eigenvalue weighted by atomic mass is 35.5. The predicted molar refractivity (Wildman–Crippen MR) is 78.6 cm³/mol. The molecule has 1 aromatic rings. The fraction of sp³-hybridized carbons (Fsp3) is 0.571. The van der Waals surface area contributed by atoms with E-state index in [2.05, 4.69) is 19.2 Å². The van der Waals surface area contributed by atoms with E-state index in [0.29, 0.717) is 5.02 Å². The van der Waals surface area contributed by atoms with E-state index in [0.717, 1.165) is 43.2 Å². The molecule has 1 rings (SSSR count). The lowest BCUT2D eigenvalue weighted by atomic mass is 10.0. The highest BCUT2D eigenvalue weighted by molar-refractivity contribution is 6.33. The van der Waals surface area contributed by atoms with E-state index in [9.17, 15) is 0 Å². The fourth-order valence-corrected chi connectivity index (χ4v) is 2.27. The molecule has 18 heavy (non-hydrogen) atoms. The van der Waals surface area contributed by atoms with Crippen molar-refractivity contribution in [2.75, 3.05) is 19.8 Å². The lowest BCUT2D eigenvalue weighted by Crippen LogP contribution is -2.22. The summed E-state index contributed by atoms with van der Waals surface area (Å²) in [5.41, 5.74) is 1.05. The Morgan fingerprint density at radius 2 is 2.00 bits per heavy atom. The molecule has 0 aliphatic heterocycles. The molecular formula is C14H21Cl2NO. The summed E-state index contributed by atoms with van der Waals surface area (Å²) in [4.78, 5) is 0. The van der Waals surface area contributed by atoms with Crippen molar-refractivity contribution in [2.45, 2.75) is 32.7 Å². The molecule has 0 saturated heterocycles. The number of nitrogens with one attached hydrogen (secondary N) is 1. The Bertz CT molecular complexity index is 358. The van der Waals surface area contributed by atoms with E-state index < -0.39 is 0 Å². The molecular weight excluding hydrogens is 269 g/mol. The van der Waals surface area contributed by atoms with Crippen molar-refractivity contribution in [1.82, 2.24) is 5.32 Å². The first-order chi connectivity index (χ1) is 8.69. The molecule has 0 aliphatic rings. The van der Waals surface area contributed by atoms with Gasteiger partial charge in [-0.1, -0.05) is 37.0 Å². The van der Waals surface area contributed by atoms with Crippen molar-refractivity contribution in [3.8, 4) is 0 Å². The van der Waals surface area contributed by atoms with E-state index in [1.54, 1.807) is 0 Å². The molecule has 0 aromatic heterocycles. The molecule has 0 spiro atoms. The minimum Gasteiger partial charge on any atom is -0.381 e. The Morgan fingerprint density at radius 3 is 2.67 bits per heavy atom. The summed E-state index contributed by atoms with van der Waals surface area (Å²) in [6, 6.07) is 5.77. The van der Waals surface area contributed by atoms with Gasteiger partial charge in [0, 0.05) is 29.3 Å². The van der Waals surface area contributed by atoms with Crippen LogP contribution in [0, 0.1) is 0 Å². The van der Waals surface area contributed by atoms with Crippen LogP contribution in [0.1, 0.15) is 38.3 Å². The summed E-state index contributed by atoms with van der Waals surface area (Å²) in [7, 11) is 0. The van der Waals surface area contributed by atoms with Gasteiger partial charge in [-0.05, 0) is 43.1 Å². The van der Waals surface area contributed by atoms with Crippen LogP contribution in [-0.2, 0) is 4.74 Å². The third-order valence-corrected chi connectivity index (χ3v) is 3.26. The molecule has 102 valence electrons. The molecule has 0 aliphatic carbocycles. The van der Waals surface area contributed by atoms with Crippen LogP contribution in [0.15, 0.2) is 18.2 Å². The smallest absolute Gasteiger partial charge is 0.0484 e. The van der Waals surface area contributed by atoms with Crippen LogP contribution in [0.4, 0.5) is 0 Å². The van der Waals surface area contributed by atoms with Gasteiger partial charge < -0.3 is 10.1 Å². The number of rotatable bonds is 8. The summed E-state index contributed by atoms with van der Waals surface area (Å²) in [6.07, 6.45) is 1.94. The molecule has 4 heteroatoms. The summed E-state index contributed by atoms with van der Waals surface area (Å²) in [6.45, 7) is 6.62. The maximum atomic E-state index is 6.23. The summed E-state index contributed by atoms with van der Waals surface area (Å²) in [5.74, 6) is 0. The summed E-state index contributed by atoms with van der Waals surface area (Å²) >= 11 is 12.3. The second kappa shape index (κ2) is 8.76. The van der Waals surface area contributed by atoms with Crippen LogP contribution in [-0.4, -0.2) is 19.8 Å². The molecule has 0 bridgehead atoms. The molecule has 1 atom stereocenters. The van der Waals surface area contributed by atoms with Crippen molar-refractivity contribution >= 4 is 23.2 Å². The van der Waals surface area contributed by atoms with Crippen LogP contribution in [0.3, 0.4) is 0 Å². The van der Waals surface area contributed by atoms with Crippen LogP contribution in [0.5, 0.6) is 0 Å². The van der Waals surface area contributed by atoms with Gasteiger partial charge in [0.1, 0.15) is 0 Å². The highest BCUT2D eigenvalue weighted by Crippen LogP contribution is 2.28. The van der Waals surface area contributed by atoms with Crippen LogP contribution in [0.2, 0.25) is 10.0 Å². The number of hydrogen-bond donors (Lipinski definition) is 1. The first kappa shape index (κ1) is 15.8.